The van der Waals surface area contributed by atoms with Crippen molar-refractivity contribution in [2.75, 3.05) is 11.9 Å². The molecule has 1 saturated carbocycles. The molecule has 0 saturated heterocycles. The number of carbonyl (C=O) groups excluding carboxylic acids is 1. The summed E-state index contributed by atoms with van der Waals surface area (Å²) in [5, 5.41) is 3.96. The molecule has 1 fully saturated rings. The summed E-state index contributed by atoms with van der Waals surface area (Å²) in [5.74, 6) is 0.0123. The van der Waals surface area contributed by atoms with Gasteiger partial charge in [0, 0.05) is 35.0 Å². The van der Waals surface area contributed by atoms with Gasteiger partial charge in [0.2, 0.25) is 5.78 Å². The Labute approximate surface area is 279 Å². The number of nitrogens with one attached hydrogen (secondary N) is 1. The fraction of sp³-hybridized carbons (Fsp3) is 0.559. The van der Waals surface area contributed by atoms with Gasteiger partial charge in [-0.1, -0.05) is 65.3 Å². The summed E-state index contributed by atoms with van der Waals surface area (Å²) in [7, 11) is -4.35. The van der Waals surface area contributed by atoms with Crippen LogP contribution in [0.2, 0.25) is 41.3 Å². The molecule has 11 heteroatoms. The van der Waals surface area contributed by atoms with Gasteiger partial charge >= 0.3 is 0 Å². The van der Waals surface area contributed by atoms with E-state index < -0.39 is 35.0 Å². The molecule has 2 heterocycles. The number of ketones is 1. The number of hydrogen-bond acceptors (Lipinski definition) is 7. The smallest absolute Gasteiger partial charge is 0.208 e. The average molecular weight is 690 g/mol. The number of alkyl halides is 1. The van der Waals surface area contributed by atoms with Gasteiger partial charge < -0.3 is 14.2 Å². The Morgan fingerprint density at radius 2 is 1.76 bits per heavy atom. The topological polar surface area (TPSA) is 73.3 Å². The molecule has 0 aliphatic heterocycles. The van der Waals surface area contributed by atoms with Crippen LogP contribution in [0.15, 0.2) is 48.9 Å². The highest BCUT2D eigenvalue weighted by molar-refractivity contribution is 7.14. The van der Waals surface area contributed by atoms with Crippen molar-refractivity contribution in [1.29, 1.82) is 0 Å². The minimum atomic E-state index is -2.29. The van der Waals surface area contributed by atoms with E-state index in [1.807, 2.05) is 36.4 Å². The summed E-state index contributed by atoms with van der Waals surface area (Å²) < 4.78 is 29.9. The highest BCUT2D eigenvalue weighted by Crippen LogP contribution is 2.44. The molecule has 2 aromatic heterocycles. The van der Waals surface area contributed by atoms with Gasteiger partial charge in [-0.15, -0.1) is 11.3 Å². The average Bonchev–Trinajstić information content (AvgIpc) is 3.51. The lowest BCUT2D eigenvalue weighted by molar-refractivity contribution is 0.0551. The minimum Gasteiger partial charge on any atom is -0.416 e. The molecular formula is C34H49ClFN3O3SSi2. The number of halogens is 2. The van der Waals surface area contributed by atoms with Crippen molar-refractivity contribution in [3.63, 3.8) is 0 Å². The molecule has 4 rings (SSSR count). The normalized spacial score (nSPS) is 21.2. The summed E-state index contributed by atoms with van der Waals surface area (Å²) >= 11 is 7.59. The van der Waals surface area contributed by atoms with Crippen molar-refractivity contribution in [3.8, 4) is 0 Å². The van der Waals surface area contributed by atoms with Gasteiger partial charge in [-0.05, 0) is 72.5 Å². The number of thiophene rings is 1. The van der Waals surface area contributed by atoms with Crippen LogP contribution >= 0.6 is 22.9 Å². The Balaban J connectivity index is 1.55. The predicted molar refractivity (Wildman–Crippen MR) is 190 cm³/mol. The fourth-order valence-corrected chi connectivity index (χ4v) is 8.58. The van der Waals surface area contributed by atoms with Crippen molar-refractivity contribution in [3.05, 3.63) is 74.8 Å². The second-order valence-electron chi connectivity index (χ2n) is 15.3. The third kappa shape index (κ3) is 8.50. The van der Waals surface area contributed by atoms with Gasteiger partial charge in [0.25, 0.3) is 0 Å². The Morgan fingerprint density at radius 1 is 1.07 bits per heavy atom. The maximum atomic E-state index is 16.5. The molecule has 0 bridgehead atoms. The summed E-state index contributed by atoms with van der Waals surface area (Å²) in [4.78, 5) is 23.9. The summed E-state index contributed by atoms with van der Waals surface area (Å²) in [6.45, 7) is 22.3. The van der Waals surface area contributed by atoms with Gasteiger partial charge in [0.1, 0.15) is 18.3 Å². The van der Waals surface area contributed by atoms with Crippen molar-refractivity contribution in [2.24, 2.45) is 5.92 Å². The van der Waals surface area contributed by atoms with E-state index in [9.17, 15) is 4.79 Å². The molecule has 1 N–H and O–H groups in total. The second-order valence-corrected chi connectivity index (χ2v) is 26.5. The van der Waals surface area contributed by atoms with Gasteiger partial charge in [-0.25, -0.2) is 14.4 Å². The first-order valence-corrected chi connectivity index (χ1v) is 22.7. The molecule has 4 atom stereocenters. The second kappa shape index (κ2) is 13.6. The lowest BCUT2D eigenvalue weighted by Crippen LogP contribution is -2.49. The third-order valence-corrected chi connectivity index (χ3v) is 20.1. The van der Waals surface area contributed by atoms with Crippen LogP contribution in [0, 0.1) is 5.92 Å². The van der Waals surface area contributed by atoms with Crippen molar-refractivity contribution in [2.45, 2.75) is 109 Å². The zero-order valence-corrected chi connectivity index (χ0v) is 31.9. The quantitative estimate of drug-likeness (QED) is 0.160. The summed E-state index contributed by atoms with van der Waals surface area (Å²) in [5.41, 5.74) is 1.40. The molecule has 1 aliphatic rings. The zero-order valence-electron chi connectivity index (χ0n) is 28.3. The first-order valence-electron chi connectivity index (χ1n) is 15.7. The SMILES string of the molecule is CC(C)(C)[Si](C)(C)OC[C@H]1C[C@@H](Nc2ncncc2C(=O)c2ccc(Cc3cccc(Cl)c3)s2)[C@@H](F)[C@@H]1O[Si](C)(C)C(C)(C)C. The van der Waals surface area contributed by atoms with E-state index in [0.29, 0.717) is 40.7 Å². The lowest BCUT2D eigenvalue weighted by Gasteiger charge is -2.41. The molecule has 0 unspecified atom stereocenters. The van der Waals surface area contributed by atoms with E-state index in [1.165, 1.54) is 23.9 Å². The number of nitrogens with zero attached hydrogens (tertiary/aromatic N) is 2. The van der Waals surface area contributed by atoms with Crippen LogP contribution in [-0.4, -0.2) is 57.3 Å². The molecule has 1 aliphatic carbocycles. The summed E-state index contributed by atoms with van der Waals surface area (Å²) in [6.07, 6.45) is 2.18. The Morgan fingerprint density at radius 3 is 2.40 bits per heavy atom. The molecule has 1 aromatic carbocycles. The Kier molecular flexibility index (Phi) is 10.9. The molecule has 45 heavy (non-hydrogen) atoms. The first kappa shape index (κ1) is 35.9. The number of benzene rings is 1. The molecule has 0 amide bonds. The number of rotatable bonds is 11. The Hall–Kier alpha value is -1.96. The van der Waals surface area contributed by atoms with E-state index in [4.69, 9.17) is 20.5 Å². The van der Waals surface area contributed by atoms with Gasteiger partial charge in [-0.2, -0.15) is 0 Å². The monoisotopic (exact) mass is 689 g/mol. The van der Waals surface area contributed by atoms with Crippen LogP contribution in [0.5, 0.6) is 0 Å². The van der Waals surface area contributed by atoms with Crippen molar-refractivity contribution >= 4 is 51.2 Å². The van der Waals surface area contributed by atoms with Crippen LogP contribution in [0.4, 0.5) is 10.2 Å². The molecule has 6 nitrogen and oxygen atoms in total. The Bertz CT molecular complexity index is 1490. The fourth-order valence-electron chi connectivity index (χ4n) is 4.95. The molecular weight excluding hydrogens is 641 g/mol. The van der Waals surface area contributed by atoms with Crippen LogP contribution in [-0.2, 0) is 15.3 Å². The van der Waals surface area contributed by atoms with Crippen molar-refractivity contribution < 1.29 is 18.0 Å². The van der Waals surface area contributed by atoms with Gasteiger partial charge in [0.15, 0.2) is 16.6 Å². The highest BCUT2D eigenvalue weighted by atomic mass is 35.5. The predicted octanol–water partition coefficient (Wildman–Crippen LogP) is 9.56. The molecule has 3 aromatic rings. The molecule has 0 spiro atoms. The molecule has 0 radical (unpaired) electrons. The van der Waals surface area contributed by atoms with E-state index in [0.717, 1.165) is 10.4 Å². The van der Waals surface area contributed by atoms with Gasteiger partial charge in [-0.3, -0.25) is 4.79 Å². The maximum Gasteiger partial charge on any atom is 0.208 e. The van der Waals surface area contributed by atoms with E-state index >= 15 is 4.39 Å². The van der Waals surface area contributed by atoms with E-state index in [2.05, 4.69) is 83.0 Å². The van der Waals surface area contributed by atoms with E-state index in [-0.39, 0.29) is 21.8 Å². The van der Waals surface area contributed by atoms with Crippen LogP contribution in [0.25, 0.3) is 0 Å². The highest BCUT2D eigenvalue weighted by Gasteiger charge is 2.51. The standard InChI is InChI=1S/C34H49ClFN3O3SSi2/c1-33(2,3)44(7,8)41-20-23-18-27(29(36)31(23)42-45(9,10)34(4,5)6)39-32-26(19-37-21-38-32)30(40)28-15-14-25(43-28)17-22-12-11-13-24(35)16-22/h11-16,19,21,23,27,29,31H,17-18,20H2,1-10H3,(H,37,38,39)/t23-,27-,29-,31-/m1/s1. The lowest BCUT2D eigenvalue weighted by atomic mass is 10.1. The van der Waals surface area contributed by atoms with E-state index in [1.54, 1.807) is 0 Å². The zero-order chi connectivity index (χ0) is 33.4. The third-order valence-electron chi connectivity index (χ3n) is 9.85. The molecule has 246 valence electrons. The van der Waals surface area contributed by atoms with Gasteiger partial charge in [0.05, 0.1) is 22.6 Å². The summed E-state index contributed by atoms with van der Waals surface area (Å²) in [6, 6.07) is 10.9. The van der Waals surface area contributed by atoms with Crippen molar-refractivity contribution in [1.82, 2.24) is 9.97 Å². The number of carbonyl (C=O) groups is 1. The number of anilines is 1. The maximum absolute atomic E-state index is 16.5. The van der Waals surface area contributed by atoms with Crippen LogP contribution in [0.3, 0.4) is 0 Å². The first-order chi connectivity index (χ1) is 20.8. The number of hydrogen-bond donors (Lipinski definition) is 1. The van der Waals surface area contributed by atoms with Crippen LogP contribution < -0.4 is 5.32 Å². The van der Waals surface area contributed by atoms with Crippen LogP contribution in [0.1, 0.15) is 73.6 Å². The number of aromatic nitrogens is 2. The minimum absolute atomic E-state index is 0.0418. The largest absolute Gasteiger partial charge is 0.416 e.